The van der Waals surface area contributed by atoms with E-state index >= 15 is 0 Å². The first-order chi connectivity index (χ1) is 11.0. The van der Waals surface area contributed by atoms with Crippen LogP contribution < -0.4 is 5.32 Å². The molecule has 0 aliphatic carbocycles. The number of amides is 2. The molecule has 0 spiro atoms. The van der Waals surface area contributed by atoms with Crippen molar-refractivity contribution in [3.63, 3.8) is 0 Å². The summed E-state index contributed by atoms with van der Waals surface area (Å²) in [6, 6.07) is 14.7. The number of carbonyl (C=O) groups is 1. The molecular formula is C20H24N2O. The lowest BCUT2D eigenvalue weighted by molar-refractivity contribution is 0.222. The van der Waals surface area contributed by atoms with Crippen molar-refractivity contribution in [3.8, 4) is 0 Å². The third kappa shape index (κ3) is 3.55. The Balaban J connectivity index is 1.63. The molecule has 1 N–H and O–H groups in total. The van der Waals surface area contributed by atoms with Crippen molar-refractivity contribution in [2.75, 3.05) is 18.4 Å². The van der Waals surface area contributed by atoms with Gasteiger partial charge in [0.2, 0.25) is 0 Å². The van der Waals surface area contributed by atoms with E-state index in [-0.39, 0.29) is 6.03 Å². The molecular weight excluding hydrogens is 284 g/mol. The first-order valence-corrected chi connectivity index (χ1v) is 8.22. The molecule has 3 nitrogen and oxygen atoms in total. The number of hydrogen-bond acceptors (Lipinski definition) is 1. The standard InChI is InChI=1S/C20H24N2O/c1-14-4-7-17(8-5-14)18-10-11-22(13-18)20(23)21-19-9-6-15(2)16(3)12-19/h4-9,12,18H,10-11,13H2,1-3H3,(H,21,23)/t18-/m0/s1. The summed E-state index contributed by atoms with van der Waals surface area (Å²) in [6.45, 7) is 7.85. The maximum atomic E-state index is 12.5. The maximum Gasteiger partial charge on any atom is 0.321 e. The molecule has 0 aromatic heterocycles. The Morgan fingerprint density at radius 1 is 1.04 bits per heavy atom. The Labute approximate surface area is 138 Å². The van der Waals surface area contributed by atoms with Crippen LogP contribution in [-0.2, 0) is 0 Å². The Bertz CT molecular complexity index is 706. The van der Waals surface area contributed by atoms with Crippen molar-refractivity contribution in [3.05, 3.63) is 64.7 Å². The van der Waals surface area contributed by atoms with E-state index in [2.05, 4.69) is 50.4 Å². The minimum atomic E-state index is 0.00265. The summed E-state index contributed by atoms with van der Waals surface area (Å²) in [5, 5.41) is 3.02. The minimum absolute atomic E-state index is 0.00265. The molecule has 1 aliphatic rings. The highest BCUT2D eigenvalue weighted by Gasteiger charge is 2.27. The second-order valence-corrected chi connectivity index (χ2v) is 6.57. The van der Waals surface area contributed by atoms with E-state index in [0.29, 0.717) is 5.92 Å². The molecule has 1 aliphatic heterocycles. The fourth-order valence-corrected chi connectivity index (χ4v) is 3.08. The lowest BCUT2D eigenvalue weighted by Gasteiger charge is -2.18. The SMILES string of the molecule is Cc1ccc([C@H]2CCN(C(=O)Nc3ccc(C)c(C)c3)C2)cc1. The Hall–Kier alpha value is -2.29. The number of aryl methyl sites for hydroxylation is 3. The highest BCUT2D eigenvalue weighted by Crippen LogP contribution is 2.28. The largest absolute Gasteiger partial charge is 0.324 e. The van der Waals surface area contributed by atoms with Crippen molar-refractivity contribution in [1.82, 2.24) is 4.90 Å². The highest BCUT2D eigenvalue weighted by atomic mass is 16.2. The van der Waals surface area contributed by atoms with Crippen LogP contribution in [0.5, 0.6) is 0 Å². The molecule has 0 bridgehead atoms. The molecule has 3 heteroatoms. The van der Waals surface area contributed by atoms with E-state index in [9.17, 15) is 4.79 Å². The van der Waals surface area contributed by atoms with Gasteiger partial charge >= 0.3 is 6.03 Å². The van der Waals surface area contributed by atoms with E-state index in [1.54, 1.807) is 0 Å². The second-order valence-electron chi connectivity index (χ2n) is 6.57. The predicted molar refractivity (Wildman–Crippen MR) is 95.0 cm³/mol. The number of nitrogens with zero attached hydrogens (tertiary/aromatic N) is 1. The predicted octanol–water partition coefficient (Wildman–Crippen LogP) is 4.63. The van der Waals surface area contributed by atoms with Gasteiger partial charge in [0, 0.05) is 24.7 Å². The number of benzene rings is 2. The first kappa shape index (κ1) is 15.6. The Morgan fingerprint density at radius 3 is 2.48 bits per heavy atom. The number of carbonyl (C=O) groups excluding carboxylic acids is 1. The zero-order chi connectivity index (χ0) is 16.4. The summed E-state index contributed by atoms with van der Waals surface area (Å²) in [5.41, 5.74) is 5.91. The Kier molecular flexibility index (Phi) is 4.37. The average Bonchev–Trinajstić information content (AvgIpc) is 3.02. The molecule has 2 aromatic carbocycles. The van der Waals surface area contributed by atoms with Gasteiger partial charge in [0.25, 0.3) is 0 Å². The van der Waals surface area contributed by atoms with Crippen LogP contribution in [0.2, 0.25) is 0 Å². The number of nitrogens with one attached hydrogen (secondary N) is 1. The molecule has 0 radical (unpaired) electrons. The summed E-state index contributed by atoms with van der Waals surface area (Å²) in [6.07, 6.45) is 1.03. The number of likely N-dealkylation sites (tertiary alicyclic amines) is 1. The minimum Gasteiger partial charge on any atom is -0.324 e. The lowest BCUT2D eigenvalue weighted by atomic mass is 9.98. The summed E-state index contributed by atoms with van der Waals surface area (Å²) in [5.74, 6) is 0.445. The lowest BCUT2D eigenvalue weighted by Crippen LogP contribution is -2.32. The van der Waals surface area contributed by atoms with Crippen molar-refractivity contribution >= 4 is 11.7 Å². The topological polar surface area (TPSA) is 32.3 Å². The molecule has 120 valence electrons. The van der Waals surface area contributed by atoms with E-state index in [1.165, 1.54) is 22.3 Å². The normalized spacial score (nSPS) is 17.3. The number of anilines is 1. The molecule has 0 saturated carbocycles. The molecule has 0 unspecified atom stereocenters. The monoisotopic (exact) mass is 308 g/mol. The van der Waals surface area contributed by atoms with Crippen molar-refractivity contribution < 1.29 is 4.79 Å². The summed E-state index contributed by atoms with van der Waals surface area (Å²) < 4.78 is 0. The van der Waals surface area contributed by atoms with Gasteiger partial charge in [-0.05, 0) is 56.0 Å². The van der Waals surface area contributed by atoms with Gasteiger partial charge in [-0.15, -0.1) is 0 Å². The summed E-state index contributed by atoms with van der Waals surface area (Å²) >= 11 is 0. The second kappa shape index (κ2) is 6.45. The zero-order valence-electron chi connectivity index (χ0n) is 14.1. The van der Waals surface area contributed by atoms with Gasteiger partial charge in [-0.3, -0.25) is 0 Å². The summed E-state index contributed by atoms with van der Waals surface area (Å²) in [7, 11) is 0. The van der Waals surface area contributed by atoms with Crippen LogP contribution in [0, 0.1) is 20.8 Å². The fourth-order valence-electron chi connectivity index (χ4n) is 3.08. The van der Waals surface area contributed by atoms with E-state index in [1.807, 2.05) is 23.1 Å². The van der Waals surface area contributed by atoms with Crippen LogP contribution in [0.1, 0.15) is 34.6 Å². The number of rotatable bonds is 2. The third-order valence-electron chi connectivity index (χ3n) is 4.78. The van der Waals surface area contributed by atoms with Gasteiger partial charge in [0.15, 0.2) is 0 Å². The van der Waals surface area contributed by atoms with Crippen LogP contribution in [0.3, 0.4) is 0 Å². The molecule has 1 heterocycles. The van der Waals surface area contributed by atoms with Gasteiger partial charge < -0.3 is 10.2 Å². The Morgan fingerprint density at radius 2 is 1.78 bits per heavy atom. The molecule has 2 amide bonds. The molecule has 23 heavy (non-hydrogen) atoms. The number of hydrogen-bond donors (Lipinski definition) is 1. The smallest absolute Gasteiger partial charge is 0.321 e. The highest BCUT2D eigenvalue weighted by molar-refractivity contribution is 5.89. The van der Waals surface area contributed by atoms with Gasteiger partial charge in [-0.1, -0.05) is 35.9 Å². The molecule has 1 fully saturated rings. The molecule has 1 atom stereocenters. The zero-order valence-corrected chi connectivity index (χ0v) is 14.1. The van der Waals surface area contributed by atoms with Gasteiger partial charge in [-0.2, -0.15) is 0 Å². The maximum absolute atomic E-state index is 12.5. The van der Waals surface area contributed by atoms with Gasteiger partial charge in [0.05, 0.1) is 0 Å². The van der Waals surface area contributed by atoms with E-state index in [4.69, 9.17) is 0 Å². The van der Waals surface area contributed by atoms with Crippen LogP contribution in [0.15, 0.2) is 42.5 Å². The van der Waals surface area contributed by atoms with Crippen molar-refractivity contribution in [1.29, 1.82) is 0 Å². The fraction of sp³-hybridized carbons (Fsp3) is 0.350. The van der Waals surface area contributed by atoms with Crippen LogP contribution in [-0.4, -0.2) is 24.0 Å². The van der Waals surface area contributed by atoms with E-state index < -0.39 is 0 Å². The third-order valence-corrected chi connectivity index (χ3v) is 4.78. The van der Waals surface area contributed by atoms with Gasteiger partial charge in [0.1, 0.15) is 0 Å². The summed E-state index contributed by atoms with van der Waals surface area (Å²) in [4.78, 5) is 14.4. The molecule has 2 aromatic rings. The van der Waals surface area contributed by atoms with Crippen LogP contribution in [0.25, 0.3) is 0 Å². The van der Waals surface area contributed by atoms with Crippen molar-refractivity contribution in [2.24, 2.45) is 0 Å². The quantitative estimate of drug-likeness (QED) is 0.861. The van der Waals surface area contributed by atoms with Gasteiger partial charge in [-0.25, -0.2) is 4.79 Å². The molecule has 1 saturated heterocycles. The number of urea groups is 1. The van der Waals surface area contributed by atoms with E-state index in [0.717, 1.165) is 25.2 Å². The first-order valence-electron chi connectivity index (χ1n) is 8.22. The van der Waals surface area contributed by atoms with Crippen LogP contribution in [0.4, 0.5) is 10.5 Å². The molecule has 3 rings (SSSR count). The van der Waals surface area contributed by atoms with Crippen LogP contribution >= 0.6 is 0 Å². The van der Waals surface area contributed by atoms with Crippen molar-refractivity contribution in [2.45, 2.75) is 33.1 Å². The average molecular weight is 308 g/mol.